The maximum atomic E-state index is 13.4. The lowest BCUT2D eigenvalue weighted by Crippen LogP contribution is -2.36. The lowest BCUT2D eigenvalue weighted by molar-refractivity contribution is -0.384. The van der Waals surface area contributed by atoms with Crippen LogP contribution in [0.3, 0.4) is 0 Å². The molecule has 0 saturated carbocycles. The smallest absolute Gasteiger partial charge is 0.295 e. The van der Waals surface area contributed by atoms with Gasteiger partial charge in [-0.05, 0) is 37.3 Å². The van der Waals surface area contributed by atoms with Gasteiger partial charge in [-0.1, -0.05) is 18.2 Å². The molecule has 1 aliphatic rings. The molecule has 0 bridgehead atoms. The van der Waals surface area contributed by atoms with E-state index in [9.17, 15) is 14.9 Å². The molecule has 9 heteroatoms. The van der Waals surface area contributed by atoms with Crippen LogP contribution in [0.1, 0.15) is 4.88 Å². The number of anilines is 1. The normalized spacial score (nSPS) is 14.1. The summed E-state index contributed by atoms with van der Waals surface area (Å²) in [6, 6.07) is 16.0. The van der Waals surface area contributed by atoms with Gasteiger partial charge in [0, 0.05) is 35.1 Å². The van der Waals surface area contributed by atoms with Crippen LogP contribution in [0.5, 0.6) is 0 Å². The predicted molar refractivity (Wildman–Crippen MR) is 125 cm³/mol. The fraction of sp³-hybridized carbons (Fsp3) is 0.217. The number of nitrogens with zero attached hydrogens (tertiary/aromatic N) is 4. The first kappa shape index (κ1) is 20.3. The zero-order valence-electron chi connectivity index (χ0n) is 17.4. The van der Waals surface area contributed by atoms with Gasteiger partial charge in [0.15, 0.2) is 0 Å². The van der Waals surface area contributed by atoms with Gasteiger partial charge in [0.2, 0.25) is 0 Å². The van der Waals surface area contributed by atoms with E-state index in [1.54, 1.807) is 35.6 Å². The maximum Gasteiger partial charge on any atom is 0.295 e. The molecular formula is C23H20N4O4S. The fourth-order valence-corrected chi connectivity index (χ4v) is 4.82. The quantitative estimate of drug-likeness (QED) is 0.344. The number of benzene rings is 2. The third-order valence-corrected chi connectivity index (χ3v) is 6.55. The highest BCUT2D eigenvalue weighted by molar-refractivity contribution is 7.15. The highest BCUT2D eigenvalue weighted by Crippen LogP contribution is 2.33. The predicted octanol–water partition coefficient (Wildman–Crippen LogP) is 4.17. The molecule has 1 saturated heterocycles. The van der Waals surface area contributed by atoms with Crippen LogP contribution in [0.2, 0.25) is 0 Å². The second-order valence-electron chi connectivity index (χ2n) is 7.55. The van der Waals surface area contributed by atoms with Gasteiger partial charge in [-0.2, -0.15) is 9.78 Å². The number of hydrogen-bond acceptors (Lipinski definition) is 7. The molecule has 32 heavy (non-hydrogen) atoms. The molecule has 0 amide bonds. The Morgan fingerprint density at radius 1 is 1.06 bits per heavy atom. The number of morpholine rings is 1. The van der Waals surface area contributed by atoms with Gasteiger partial charge >= 0.3 is 0 Å². The molecule has 4 aromatic rings. The largest absolute Gasteiger partial charge is 0.378 e. The first-order chi connectivity index (χ1) is 15.5. The number of thiophene rings is 1. The number of nitro groups is 1. The van der Waals surface area contributed by atoms with Gasteiger partial charge in [0.05, 0.1) is 28.4 Å². The van der Waals surface area contributed by atoms with Crippen LogP contribution in [0.25, 0.3) is 27.0 Å². The number of nitro benzene ring substituents is 1. The average Bonchev–Trinajstić information content (AvgIpc) is 3.25. The van der Waals surface area contributed by atoms with Crippen molar-refractivity contribution in [2.45, 2.75) is 6.92 Å². The molecule has 0 atom stereocenters. The summed E-state index contributed by atoms with van der Waals surface area (Å²) in [4.78, 5) is 28.9. The third kappa shape index (κ3) is 3.55. The van der Waals surface area contributed by atoms with Crippen molar-refractivity contribution in [3.63, 3.8) is 0 Å². The Kier molecular flexibility index (Phi) is 5.20. The molecule has 162 valence electrons. The molecule has 0 aliphatic carbocycles. The molecule has 8 nitrogen and oxygen atoms in total. The molecule has 1 fully saturated rings. The lowest BCUT2D eigenvalue weighted by Gasteiger charge is -2.29. The number of aryl methyl sites for hydroxylation is 1. The second-order valence-corrected chi connectivity index (χ2v) is 8.84. The van der Waals surface area contributed by atoms with E-state index in [4.69, 9.17) is 4.74 Å². The first-order valence-corrected chi connectivity index (χ1v) is 11.0. The molecule has 1 aliphatic heterocycles. The van der Waals surface area contributed by atoms with Crippen LogP contribution in [0, 0.1) is 17.0 Å². The van der Waals surface area contributed by atoms with Crippen LogP contribution in [0.15, 0.2) is 59.4 Å². The summed E-state index contributed by atoms with van der Waals surface area (Å²) >= 11 is 1.57. The molecular weight excluding hydrogens is 428 g/mol. The molecule has 0 spiro atoms. The van der Waals surface area contributed by atoms with Gasteiger partial charge in [-0.25, -0.2) is 0 Å². The summed E-state index contributed by atoms with van der Waals surface area (Å²) in [6.45, 7) is 4.53. The van der Waals surface area contributed by atoms with Gasteiger partial charge in [0.25, 0.3) is 11.2 Å². The van der Waals surface area contributed by atoms with E-state index in [-0.39, 0.29) is 16.9 Å². The monoisotopic (exact) mass is 448 g/mol. The van der Waals surface area contributed by atoms with Crippen molar-refractivity contribution < 1.29 is 9.66 Å². The lowest BCUT2D eigenvalue weighted by atomic mass is 10.1. The van der Waals surface area contributed by atoms with E-state index in [1.165, 1.54) is 10.7 Å². The van der Waals surface area contributed by atoms with E-state index < -0.39 is 4.92 Å². The van der Waals surface area contributed by atoms with Crippen LogP contribution in [-0.4, -0.2) is 41.0 Å². The summed E-state index contributed by atoms with van der Waals surface area (Å²) in [6.07, 6.45) is 0. The molecule has 3 heterocycles. The van der Waals surface area contributed by atoms with E-state index in [0.717, 1.165) is 20.8 Å². The second kappa shape index (κ2) is 8.18. The summed E-state index contributed by atoms with van der Waals surface area (Å²) in [5, 5.41) is 17.7. The van der Waals surface area contributed by atoms with Crippen molar-refractivity contribution in [1.29, 1.82) is 0 Å². The minimum atomic E-state index is -0.475. The Hall–Kier alpha value is -3.56. The Labute approximate surface area is 187 Å². The van der Waals surface area contributed by atoms with Crippen molar-refractivity contribution in [3.05, 3.63) is 79.9 Å². The molecule has 2 aromatic carbocycles. The molecule has 0 radical (unpaired) electrons. The Balaban J connectivity index is 1.78. The Bertz CT molecular complexity index is 1390. The van der Waals surface area contributed by atoms with E-state index >= 15 is 0 Å². The SMILES string of the molecule is Cc1ccc(-c2nn(-c3cc(N4CCOCC4)ccc3[N+](=O)[O-])c(=O)c3ccccc23)s1. The molecule has 2 aromatic heterocycles. The highest BCUT2D eigenvalue weighted by atomic mass is 32.1. The third-order valence-electron chi connectivity index (χ3n) is 5.54. The van der Waals surface area contributed by atoms with Crippen LogP contribution < -0.4 is 10.5 Å². The summed E-state index contributed by atoms with van der Waals surface area (Å²) < 4.78 is 6.59. The standard InChI is InChI=1S/C23H20N4O4S/c1-15-6-9-21(32-15)22-17-4-2-3-5-18(17)23(28)26(24-22)20-14-16(7-8-19(20)27(29)30)25-10-12-31-13-11-25/h2-9,14H,10-13H2,1H3. The topological polar surface area (TPSA) is 90.5 Å². The van der Waals surface area contributed by atoms with Crippen LogP contribution in [0.4, 0.5) is 11.4 Å². The van der Waals surface area contributed by atoms with E-state index in [1.807, 2.05) is 31.2 Å². The molecule has 0 unspecified atom stereocenters. The van der Waals surface area contributed by atoms with Crippen LogP contribution >= 0.6 is 11.3 Å². The number of rotatable bonds is 4. The van der Waals surface area contributed by atoms with E-state index in [0.29, 0.717) is 37.4 Å². The maximum absolute atomic E-state index is 13.4. The average molecular weight is 449 g/mol. The molecule has 5 rings (SSSR count). The number of aromatic nitrogens is 2. The zero-order valence-corrected chi connectivity index (χ0v) is 18.2. The van der Waals surface area contributed by atoms with Crippen molar-refractivity contribution in [2.24, 2.45) is 0 Å². The van der Waals surface area contributed by atoms with Crippen LogP contribution in [-0.2, 0) is 4.74 Å². The summed E-state index contributed by atoms with van der Waals surface area (Å²) in [7, 11) is 0. The minimum Gasteiger partial charge on any atom is -0.378 e. The van der Waals surface area contributed by atoms with Gasteiger partial charge in [-0.15, -0.1) is 11.3 Å². The summed E-state index contributed by atoms with van der Waals surface area (Å²) in [5.74, 6) is 0. The van der Waals surface area contributed by atoms with Gasteiger partial charge in [0.1, 0.15) is 11.4 Å². The highest BCUT2D eigenvalue weighted by Gasteiger charge is 2.23. The number of fused-ring (bicyclic) bond motifs is 1. The van der Waals surface area contributed by atoms with Crippen molar-refractivity contribution in [3.8, 4) is 16.3 Å². The first-order valence-electron chi connectivity index (χ1n) is 10.2. The van der Waals surface area contributed by atoms with Gasteiger partial charge in [-0.3, -0.25) is 14.9 Å². The zero-order chi connectivity index (χ0) is 22.2. The van der Waals surface area contributed by atoms with Gasteiger partial charge < -0.3 is 9.64 Å². The van der Waals surface area contributed by atoms with Crippen molar-refractivity contribution in [1.82, 2.24) is 9.78 Å². The Morgan fingerprint density at radius 2 is 1.81 bits per heavy atom. The van der Waals surface area contributed by atoms with Crippen molar-refractivity contribution in [2.75, 3.05) is 31.2 Å². The Morgan fingerprint density at radius 3 is 2.50 bits per heavy atom. The molecule has 0 N–H and O–H groups in total. The number of hydrogen-bond donors (Lipinski definition) is 0. The van der Waals surface area contributed by atoms with E-state index in [2.05, 4.69) is 10.00 Å². The summed E-state index contributed by atoms with van der Waals surface area (Å²) in [5.41, 5.74) is 1.03. The van der Waals surface area contributed by atoms with Crippen molar-refractivity contribution >= 4 is 33.5 Å². The number of ether oxygens (including phenoxy) is 1. The fourth-order valence-electron chi connectivity index (χ4n) is 3.95. The minimum absolute atomic E-state index is 0.157.